The van der Waals surface area contributed by atoms with Gasteiger partial charge in [-0.25, -0.2) is 0 Å². The summed E-state index contributed by atoms with van der Waals surface area (Å²) in [5.41, 5.74) is 6.84. The Balaban J connectivity index is 2.01. The molecule has 1 aromatic carbocycles. The Hall–Kier alpha value is -1.60. The Bertz CT molecular complexity index is 545. The van der Waals surface area contributed by atoms with Crippen LogP contribution in [-0.4, -0.2) is 50.9 Å². The number of methoxy groups -OCH3 is 2. The summed E-state index contributed by atoms with van der Waals surface area (Å²) in [5.74, 6) is 1.73. The van der Waals surface area contributed by atoms with Crippen LogP contribution in [-0.2, 0) is 4.74 Å². The first kappa shape index (κ1) is 17.7. The Morgan fingerprint density at radius 1 is 1.30 bits per heavy atom. The summed E-state index contributed by atoms with van der Waals surface area (Å²) in [6, 6.07) is 5.54. The number of aliphatic imine (C=N–C) groups is 1. The second-order valence-corrected chi connectivity index (χ2v) is 6.67. The van der Waals surface area contributed by atoms with Crippen LogP contribution in [0.15, 0.2) is 23.2 Å². The second kappa shape index (κ2) is 8.31. The van der Waals surface area contributed by atoms with Crippen molar-refractivity contribution in [2.75, 3.05) is 45.6 Å². The molecule has 0 bridgehead atoms. The van der Waals surface area contributed by atoms with Crippen LogP contribution in [0.1, 0.15) is 12.8 Å². The molecular weight excluding hydrogens is 314 g/mol. The summed E-state index contributed by atoms with van der Waals surface area (Å²) in [5, 5.41) is 3.10. The normalized spacial score (nSPS) is 17.6. The van der Waals surface area contributed by atoms with Gasteiger partial charge in [-0.05, 0) is 31.2 Å². The summed E-state index contributed by atoms with van der Waals surface area (Å²) < 4.78 is 16.1. The lowest BCUT2D eigenvalue weighted by atomic mass is 9.99. The predicted octanol–water partition coefficient (Wildman–Crippen LogP) is 2.34. The molecule has 3 N–H and O–H groups in total. The van der Waals surface area contributed by atoms with E-state index < -0.39 is 0 Å². The quantitative estimate of drug-likeness (QED) is 0.612. The number of benzene rings is 1. The van der Waals surface area contributed by atoms with E-state index in [1.165, 1.54) is 0 Å². The largest absolute Gasteiger partial charge is 0.493 e. The number of hydrogen-bond acceptors (Lipinski definition) is 5. The molecule has 128 valence electrons. The molecule has 23 heavy (non-hydrogen) atoms. The zero-order valence-electron chi connectivity index (χ0n) is 13.9. The van der Waals surface area contributed by atoms with E-state index in [1.807, 2.05) is 30.0 Å². The number of rotatable bonds is 6. The van der Waals surface area contributed by atoms with Gasteiger partial charge in [0, 0.05) is 29.7 Å². The van der Waals surface area contributed by atoms with Gasteiger partial charge >= 0.3 is 0 Å². The van der Waals surface area contributed by atoms with E-state index in [9.17, 15) is 0 Å². The van der Waals surface area contributed by atoms with Crippen molar-refractivity contribution in [1.29, 1.82) is 0 Å². The molecule has 1 aromatic rings. The van der Waals surface area contributed by atoms with Gasteiger partial charge in [0.25, 0.3) is 0 Å². The number of thioether (sulfide) groups is 1. The minimum Gasteiger partial charge on any atom is -0.493 e. The lowest BCUT2D eigenvalue weighted by Crippen LogP contribution is -2.37. The van der Waals surface area contributed by atoms with Crippen LogP contribution in [0, 0.1) is 0 Å². The van der Waals surface area contributed by atoms with Crippen LogP contribution >= 0.6 is 11.8 Å². The van der Waals surface area contributed by atoms with Crippen LogP contribution < -0.4 is 20.5 Å². The van der Waals surface area contributed by atoms with Crippen LogP contribution in [0.3, 0.4) is 0 Å². The number of nitrogens with one attached hydrogen (secondary N) is 1. The molecule has 1 fully saturated rings. The molecular formula is C16H25N3O3S. The van der Waals surface area contributed by atoms with Crippen molar-refractivity contribution in [3.05, 3.63) is 18.2 Å². The van der Waals surface area contributed by atoms with Gasteiger partial charge < -0.3 is 25.3 Å². The summed E-state index contributed by atoms with van der Waals surface area (Å²) in [6.45, 7) is 2.27. The molecule has 1 aliphatic rings. The third-order valence-corrected chi connectivity index (χ3v) is 5.43. The van der Waals surface area contributed by atoms with E-state index >= 15 is 0 Å². The van der Waals surface area contributed by atoms with Crippen LogP contribution in [0.4, 0.5) is 5.69 Å². The first-order chi connectivity index (χ1) is 11.1. The molecule has 1 aliphatic heterocycles. The summed E-state index contributed by atoms with van der Waals surface area (Å²) >= 11 is 1.85. The van der Waals surface area contributed by atoms with Crippen molar-refractivity contribution < 1.29 is 14.2 Å². The van der Waals surface area contributed by atoms with Crippen molar-refractivity contribution in [1.82, 2.24) is 0 Å². The highest BCUT2D eigenvalue weighted by atomic mass is 32.2. The SMILES string of the molecule is COc1ccc(NC(N)=NCC2(SC)CCOCC2)cc1OC. The number of hydrogen-bond donors (Lipinski definition) is 2. The maximum atomic E-state index is 6.02. The van der Waals surface area contributed by atoms with Gasteiger partial charge in [-0.1, -0.05) is 0 Å². The smallest absolute Gasteiger partial charge is 0.193 e. The average Bonchev–Trinajstić information content (AvgIpc) is 2.60. The Labute approximate surface area is 141 Å². The molecule has 1 saturated heterocycles. The van der Waals surface area contributed by atoms with Gasteiger partial charge in [-0.3, -0.25) is 4.99 Å². The van der Waals surface area contributed by atoms with Gasteiger partial charge in [0.2, 0.25) is 0 Å². The minimum atomic E-state index is 0.127. The van der Waals surface area contributed by atoms with Gasteiger partial charge in [0.1, 0.15) is 0 Å². The van der Waals surface area contributed by atoms with E-state index in [4.69, 9.17) is 19.9 Å². The monoisotopic (exact) mass is 339 g/mol. The maximum Gasteiger partial charge on any atom is 0.193 e. The highest BCUT2D eigenvalue weighted by molar-refractivity contribution is 8.00. The third-order valence-electron chi connectivity index (χ3n) is 4.03. The molecule has 0 radical (unpaired) electrons. The zero-order chi connectivity index (χ0) is 16.7. The fourth-order valence-electron chi connectivity index (χ4n) is 2.50. The van der Waals surface area contributed by atoms with Crippen LogP contribution in [0.2, 0.25) is 0 Å². The molecule has 0 aliphatic carbocycles. The van der Waals surface area contributed by atoms with Gasteiger partial charge in [-0.2, -0.15) is 11.8 Å². The van der Waals surface area contributed by atoms with Crippen molar-refractivity contribution in [3.8, 4) is 11.5 Å². The van der Waals surface area contributed by atoms with E-state index in [-0.39, 0.29) is 4.75 Å². The topological polar surface area (TPSA) is 78.1 Å². The maximum absolute atomic E-state index is 6.02. The van der Waals surface area contributed by atoms with Crippen molar-refractivity contribution in [2.24, 2.45) is 10.7 Å². The number of nitrogens with two attached hydrogens (primary N) is 1. The first-order valence-corrected chi connectivity index (χ1v) is 8.77. The van der Waals surface area contributed by atoms with Gasteiger partial charge in [0.15, 0.2) is 17.5 Å². The third kappa shape index (κ3) is 4.68. The van der Waals surface area contributed by atoms with E-state index in [2.05, 4.69) is 16.6 Å². The lowest BCUT2D eigenvalue weighted by molar-refractivity contribution is 0.0794. The molecule has 0 atom stereocenters. The molecule has 1 heterocycles. The number of ether oxygens (including phenoxy) is 3. The van der Waals surface area contributed by atoms with Gasteiger partial charge in [-0.15, -0.1) is 0 Å². The molecule has 0 spiro atoms. The summed E-state index contributed by atoms with van der Waals surface area (Å²) in [4.78, 5) is 4.52. The molecule has 0 saturated carbocycles. The Kier molecular flexibility index (Phi) is 6.41. The Morgan fingerprint density at radius 2 is 2.00 bits per heavy atom. The highest BCUT2D eigenvalue weighted by Gasteiger charge is 2.31. The van der Waals surface area contributed by atoms with Crippen molar-refractivity contribution >= 4 is 23.4 Å². The van der Waals surface area contributed by atoms with E-state index in [1.54, 1.807) is 14.2 Å². The lowest BCUT2D eigenvalue weighted by Gasteiger charge is -2.34. The highest BCUT2D eigenvalue weighted by Crippen LogP contribution is 2.34. The number of nitrogens with zero attached hydrogens (tertiary/aromatic N) is 1. The summed E-state index contributed by atoms with van der Waals surface area (Å²) in [6.07, 6.45) is 4.13. The standard InChI is InChI=1S/C16H25N3O3S/c1-20-13-5-4-12(10-14(13)21-2)19-15(17)18-11-16(23-3)6-8-22-9-7-16/h4-5,10H,6-9,11H2,1-3H3,(H3,17,18,19). The van der Waals surface area contributed by atoms with Gasteiger partial charge in [0.05, 0.1) is 20.8 Å². The first-order valence-electron chi connectivity index (χ1n) is 7.54. The minimum absolute atomic E-state index is 0.127. The van der Waals surface area contributed by atoms with Crippen molar-refractivity contribution in [3.63, 3.8) is 0 Å². The zero-order valence-corrected chi connectivity index (χ0v) is 14.7. The average molecular weight is 339 g/mol. The fraction of sp³-hybridized carbons (Fsp3) is 0.562. The second-order valence-electron chi connectivity index (χ2n) is 5.40. The molecule has 0 amide bonds. The molecule has 0 aromatic heterocycles. The van der Waals surface area contributed by atoms with E-state index in [0.29, 0.717) is 24.0 Å². The van der Waals surface area contributed by atoms with Crippen LogP contribution in [0.25, 0.3) is 0 Å². The summed E-state index contributed by atoms with van der Waals surface area (Å²) in [7, 11) is 3.21. The fourth-order valence-corrected chi connectivity index (χ4v) is 3.27. The Morgan fingerprint density at radius 3 is 2.61 bits per heavy atom. The predicted molar refractivity (Wildman–Crippen MR) is 96.0 cm³/mol. The molecule has 7 heteroatoms. The number of anilines is 1. The number of guanidine groups is 1. The van der Waals surface area contributed by atoms with Crippen molar-refractivity contribution in [2.45, 2.75) is 17.6 Å². The van der Waals surface area contributed by atoms with Crippen LogP contribution in [0.5, 0.6) is 11.5 Å². The van der Waals surface area contributed by atoms with E-state index in [0.717, 1.165) is 31.7 Å². The molecule has 2 rings (SSSR count). The molecule has 6 nitrogen and oxygen atoms in total. The molecule has 0 unspecified atom stereocenters.